The summed E-state index contributed by atoms with van der Waals surface area (Å²) in [5, 5.41) is 0. The highest BCUT2D eigenvalue weighted by Gasteiger charge is 2.23. The van der Waals surface area contributed by atoms with E-state index in [1.165, 1.54) is 35.6 Å². The molecule has 0 saturated heterocycles. The molecule has 0 radical (unpaired) electrons. The Balaban J connectivity index is 2.12. The van der Waals surface area contributed by atoms with Crippen molar-refractivity contribution in [1.82, 2.24) is 9.97 Å². The highest BCUT2D eigenvalue weighted by atomic mass is 32.2. The van der Waals surface area contributed by atoms with Gasteiger partial charge < -0.3 is 0 Å². The number of aromatic nitrogens is 2. The summed E-state index contributed by atoms with van der Waals surface area (Å²) in [6.45, 7) is 0. The average Bonchev–Trinajstić information content (AvgIpc) is 2.56. The summed E-state index contributed by atoms with van der Waals surface area (Å²) >= 11 is 0. The normalized spacial score (nSPS) is 25.5. The molecule has 0 saturated carbocycles. The van der Waals surface area contributed by atoms with E-state index in [-0.39, 0.29) is 0 Å². The molecule has 13 heavy (non-hydrogen) atoms. The zero-order valence-corrected chi connectivity index (χ0v) is 8.31. The lowest BCUT2D eigenvalue weighted by Crippen LogP contribution is -2.04. The number of hydrogen-bond donors (Lipinski definition) is 0. The number of nitrogens with zero attached hydrogens (tertiary/aromatic N) is 2. The van der Waals surface area contributed by atoms with E-state index in [2.05, 4.69) is 9.97 Å². The van der Waals surface area contributed by atoms with Gasteiger partial charge in [0.2, 0.25) is 0 Å². The van der Waals surface area contributed by atoms with Gasteiger partial charge in [-0.3, -0.25) is 0 Å². The second-order valence-electron chi connectivity index (χ2n) is 3.60. The molecule has 0 bridgehead atoms. The Bertz CT molecular complexity index is 384. The Hall–Kier alpha value is -0.700. The lowest BCUT2D eigenvalue weighted by molar-refractivity contribution is 0.836. The molecular weight excluding hydrogens is 180 g/mol. The van der Waals surface area contributed by atoms with E-state index in [4.69, 9.17) is 0 Å². The van der Waals surface area contributed by atoms with E-state index in [1.54, 1.807) is 11.2 Å². The number of fused-ring (bicyclic) bond motifs is 2. The first-order chi connectivity index (χ1) is 6.45. The van der Waals surface area contributed by atoms with Gasteiger partial charge in [-0.25, -0.2) is 9.97 Å². The lowest BCUT2D eigenvalue weighted by atomic mass is 10.1. The zero-order chi connectivity index (χ0) is 8.67. The van der Waals surface area contributed by atoms with Crippen LogP contribution in [0.3, 0.4) is 0 Å². The van der Waals surface area contributed by atoms with Gasteiger partial charge in [0.1, 0.15) is 6.33 Å². The van der Waals surface area contributed by atoms with Crippen molar-refractivity contribution in [2.24, 2.45) is 0 Å². The molecule has 0 N–H and O–H groups in total. The second kappa shape index (κ2) is 2.91. The van der Waals surface area contributed by atoms with Crippen LogP contribution in [0.25, 0.3) is 0 Å². The van der Waals surface area contributed by atoms with Crippen LogP contribution < -0.4 is 0 Å². The fraction of sp³-hybridized carbons (Fsp3) is 0.500. The van der Waals surface area contributed by atoms with Crippen LogP contribution in [0.1, 0.15) is 25.0 Å². The minimum atomic E-state index is 0.431. The summed E-state index contributed by atoms with van der Waals surface area (Å²) < 4.78 is 0. The summed E-state index contributed by atoms with van der Waals surface area (Å²) in [5.74, 6) is 1.36. The van der Waals surface area contributed by atoms with Crippen molar-refractivity contribution in [2.45, 2.75) is 30.6 Å². The van der Waals surface area contributed by atoms with Gasteiger partial charge in [0.25, 0.3) is 0 Å². The van der Waals surface area contributed by atoms with Crippen LogP contribution in [-0.2, 0) is 6.42 Å². The van der Waals surface area contributed by atoms with E-state index in [0.29, 0.717) is 10.5 Å². The monoisotopic (exact) mass is 192 g/mol. The van der Waals surface area contributed by atoms with Crippen molar-refractivity contribution < 1.29 is 0 Å². The first-order valence-electron chi connectivity index (χ1n) is 4.79. The summed E-state index contributed by atoms with van der Waals surface area (Å²) in [6.07, 6.45) is 8.96. The predicted octanol–water partition coefficient (Wildman–Crippen LogP) is 2.02. The molecule has 3 heteroatoms. The number of rotatable bonds is 0. The molecule has 2 nitrogen and oxygen atoms in total. The Morgan fingerprint density at radius 1 is 1.31 bits per heavy atom. The molecular formula is C10H12N2S. The molecule has 0 fully saturated rings. The van der Waals surface area contributed by atoms with Gasteiger partial charge in [0.05, 0.1) is 5.69 Å². The molecule has 0 amide bonds. The van der Waals surface area contributed by atoms with Crippen molar-refractivity contribution in [3.63, 3.8) is 0 Å². The summed E-state index contributed by atoms with van der Waals surface area (Å²) in [6, 6.07) is 0. The fourth-order valence-corrected chi connectivity index (χ4v) is 4.76. The molecule has 1 aromatic rings. The van der Waals surface area contributed by atoms with Crippen LogP contribution in [-0.4, -0.2) is 20.6 Å². The lowest BCUT2D eigenvalue weighted by Gasteiger charge is -2.14. The van der Waals surface area contributed by atoms with Crippen molar-refractivity contribution >= 4 is 15.3 Å². The Kier molecular flexibility index (Phi) is 1.72. The van der Waals surface area contributed by atoms with Gasteiger partial charge in [-0.05, 0) is 29.9 Å². The van der Waals surface area contributed by atoms with Crippen LogP contribution in [0.15, 0.2) is 17.4 Å². The Morgan fingerprint density at radius 3 is 3.31 bits per heavy atom. The first kappa shape index (κ1) is 7.68. The van der Waals surface area contributed by atoms with Gasteiger partial charge >= 0.3 is 0 Å². The third-order valence-corrected chi connectivity index (χ3v) is 5.40. The third-order valence-electron chi connectivity index (χ3n) is 2.79. The summed E-state index contributed by atoms with van der Waals surface area (Å²) in [7, 11) is 0.431. The predicted molar refractivity (Wildman–Crippen MR) is 55.3 cm³/mol. The van der Waals surface area contributed by atoms with Gasteiger partial charge in [-0.1, -0.05) is 0 Å². The largest absolute Gasteiger partial charge is 0.244 e. The van der Waals surface area contributed by atoms with Crippen molar-refractivity contribution in [1.29, 1.82) is 0 Å². The molecule has 3 heterocycles. The maximum absolute atomic E-state index is 4.36. The summed E-state index contributed by atoms with van der Waals surface area (Å²) in [5.41, 5.74) is 1.30. The third kappa shape index (κ3) is 1.14. The van der Waals surface area contributed by atoms with Gasteiger partial charge in [0.15, 0.2) is 0 Å². The van der Waals surface area contributed by atoms with Crippen molar-refractivity contribution in [2.75, 3.05) is 5.75 Å². The van der Waals surface area contributed by atoms with E-state index in [1.807, 2.05) is 6.20 Å². The van der Waals surface area contributed by atoms with Crippen LogP contribution in [0.5, 0.6) is 0 Å². The molecule has 2 aliphatic heterocycles. The fourth-order valence-electron chi connectivity index (χ4n) is 2.14. The van der Waals surface area contributed by atoms with Crippen molar-refractivity contribution in [3.8, 4) is 0 Å². The molecule has 0 spiro atoms. The van der Waals surface area contributed by atoms with Crippen molar-refractivity contribution in [3.05, 3.63) is 18.2 Å². The SMILES string of the molecule is c1ncc2c(n1)CC1=S2CCCC1. The van der Waals surface area contributed by atoms with E-state index < -0.39 is 0 Å². The minimum Gasteiger partial charge on any atom is -0.244 e. The molecule has 0 aliphatic carbocycles. The average molecular weight is 192 g/mol. The molecule has 68 valence electrons. The van der Waals surface area contributed by atoms with Crippen LogP contribution in [0, 0.1) is 0 Å². The molecule has 0 aromatic carbocycles. The molecule has 3 rings (SSSR count). The van der Waals surface area contributed by atoms with E-state index in [0.717, 1.165) is 6.42 Å². The van der Waals surface area contributed by atoms with Gasteiger partial charge in [-0.15, -0.1) is 0 Å². The van der Waals surface area contributed by atoms with E-state index in [9.17, 15) is 0 Å². The molecule has 2 aliphatic rings. The molecule has 1 aromatic heterocycles. The Labute approximate surface area is 80.3 Å². The second-order valence-corrected chi connectivity index (χ2v) is 5.81. The first-order valence-corrected chi connectivity index (χ1v) is 6.19. The molecule has 1 atom stereocenters. The topological polar surface area (TPSA) is 25.8 Å². The maximum atomic E-state index is 4.36. The smallest absolute Gasteiger partial charge is 0.115 e. The Morgan fingerprint density at radius 2 is 2.31 bits per heavy atom. The highest BCUT2D eigenvalue weighted by Crippen LogP contribution is 2.41. The summed E-state index contributed by atoms with van der Waals surface area (Å²) in [4.78, 5) is 11.7. The van der Waals surface area contributed by atoms with Crippen LogP contribution >= 0.6 is 10.5 Å². The molecule has 1 unspecified atom stereocenters. The van der Waals surface area contributed by atoms with Gasteiger partial charge in [0, 0.05) is 17.5 Å². The number of hydrogen-bond acceptors (Lipinski definition) is 2. The standard InChI is InChI=1S/C10H12N2S/c1-2-4-13-8(3-1)5-9-10(13)6-11-7-12-9/h6-7H,1-5H2. The highest BCUT2D eigenvalue weighted by molar-refractivity contribution is 8.16. The van der Waals surface area contributed by atoms with E-state index >= 15 is 0 Å². The maximum Gasteiger partial charge on any atom is 0.115 e. The quantitative estimate of drug-likeness (QED) is 0.588. The van der Waals surface area contributed by atoms with Crippen LogP contribution in [0.4, 0.5) is 0 Å². The van der Waals surface area contributed by atoms with Gasteiger partial charge in [-0.2, -0.15) is 10.5 Å². The van der Waals surface area contributed by atoms with Crippen LogP contribution in [0.2, 0.25) is 0 Å². The minimum absolute atomic E-state index is 0.431. The zero-order valence-electron chi connectivity index (χ0n) is 7.49.